The molecule has 0 aromatic carbocycles. The molecule has 0 saturated carbocycles. The lowest BCUT2D eigenvalue weighted by Gasteiger charge is -2.46. The van der Waals surface area contributed by atoms with Gasteiger partial charge in [-0.05, 0) is 13.3 Å². The number of aliphatic carboxylic acids is 1. The van der Waals surface area contributed by atoms with E-state index >= 15 is 0 Å². The van der Waals surface area contributed by atoms with Gasteiger partial charge in [-0.15, -0.1) is 11.3 Å². The van der Waals surface area contributed by atoms with Crippen molar-refractivity contribution in [1.82, 2.24) is 24.8 Å². The quantitative estimate of drug-likeness (QED) is 0.721. The van der Waals surface area contributed by atoms with Gasteiger partial charge in [0.2, 0.25) is 0 Å². The number of hydrogen-bond donors (Lipinski definition) is 1. The topological polar surface area (TPSA) is 109 Å². The Morgan fingerprint density at radius 2 is 2.06 bits per heavy atom. The van der Waals surface area contributed by atoms with Gasteiger partial charge in [-0.3, -0.25) is 14.7 Å². The molecule has 1 amide bonds. The highest BCUT2D eigenvalue weighted by atomic mass is 32.1. The summed E-state index contributed by atoms with van der Waals surface area (Å²) >= 11 is 1.69. The fourth-order valence-corrected chi connectivity index (χ4v) is 4.37. The Morgan fingerprint density at radius 3 is 2.66 bits per heavy atom. The highest BCUT2D eigenvalue weighted by Crippen LogP contribution is 2.26. The molecule has 2 saturated heterocycles. The molecule has 4 heterocycles. The molecule has 2 aromatic rings. The zero-order valence-corrected chi connectivity index (χ0v) is 18.0. The molecule has 32 heavy (non-hydrogen) atoms. The molecule has 9 nitrogen and oxygen atoms in total. The van der Waals surface area contributed by atoms with Crippen LogP contribution in [0.4, 0.5) is 13.2 Å². The number of morpholine rings is 1. The Kier molecular flexibility index (Phi) is 7.74. The maximum absolute atomic E-state index is 12.9. The van der Waals surface area contributed by atoms with E-state index in [0.29, 0.717) is 18.8 Å². The molecule has 2 aromatic heterocycles. The predicted molar refractivity (Wildman–Crippen MR) is 107 cm³/mol. The lowest BCUT2D eigenvalue weighted by molar-refractivity contribution is -0.192. The van der Waals surface area contributed by atoms with Gasteiger partial charge in [-0.1, -0.05) is 0 Å². The van der Waals surface area contributed by atoms with Gasteiger partial charge < -0.3 is 14.7 Å². The van der Waals surface area contributed by atoms with Crippen LogP contribution in [-0.4, -0.2) is 86.3 Å². The summed E-state index contributed by atoms with van der Waals surface area (Å²) in [4.78, 5) is 38.8. The molecule has 0 bridgehead atoms. The van der Waals surface area contributed by atoms with Gasteiger partial charge in [-0.25, -0.2) is 14.8 Å². The number of aryl methyl sites for hydroxylation is 1. The minimum Gasteiger partial charge on any atom is -0.475 e. The maximum atomic E-state index is 12.9. The Bertz CT molecular complexity index is 927. The molecule has 0 unspecified atom stereocenters. The fourth-order valence-electron chi connectivity index (χ4n) is 3.56. The monoisotopic (exact) mass is 473 g/mol. The summed E-state index contributed by atoms with van der Waals surface area (Å²) in [5.41, 5.74) is 1.46. The van der Waals surface area contributed by atoms with Gasteiger partial charge >= 0.3 is 12.1 Å². The molecule has 0 spiro atoms. The number of alkyl halides is 3. The number of carbonyl (C=O) groups excluding carboxylic acids is 1. The number of thiazole rings is 1. The lowest BCUT2D eigenvalue weighted by atomic mass is 9.98. The summed E-state index contributed by atoms with van der Waals surface area (Å²) in [6.45, 7) is 5.79. The van der Waals surface area contributed by atoms with E-state index in [-0.39, 0.29) is 18.1 Å². The maximum Gasteiger partial charge on any atom is 0.490 e. The first kappa shape index (κ1) is 24.0. The molecule has 4 rings (SSSR count). The van der Waals surface area contributed by atoms with Crippen molar-refractivity contribution in [1.29, 1.82) is 0 Å². The number of piperidine rings is 1. The fraction of sp³-hybridized carbons (Fsp3) is 0.526. The van der Waals surface area contributed by atoms with Gasteiger partial charge in [0.05, 0.1) is 31.5 Å². The van der Waals surface area contributed by atoms with Crippen molar-refractivity contribution in [3.05, 3.63) is 40.4 Å². The minimum absolute atomic E-state index is 0.0538. The summed E-state index contributed by atoms with van der Waals surface area (Å²) in [6, 6.07) is 0.0538. The van der Waals surface area contributed by atoms with Crippen molar-refractivity contribution in [2.45, 2.75) is 38.2 Å². The average molecular weight is 473 g/mol. The summed E-state index contributed by atoms with van der Waals surface area (Å²) in [7, 11) is 0. The van der Waals surface area contributed by atoms with Crippen molar-refractivity contribution in [3.63, 3.8) is 0 Å². The molecule has 2 fully saturated rings. The second kappa shape index (κ2) is 10.3. The van der Waals surface area contributed by atoms with Gasteiger partial charge in [0, 0.05) is 43.1 Å². The molecule has 2 aliphatic rings. The number of amides is 1. The van der Waals surface area contributed by atoms with Crippen molar-refractivity contribution in [2.24, 2.45) is 0 Å². The lowest BCUT2D eigenvalue weighted by Crippen LogP contribution is -2.61. The Labute approximate surface area is 185 Å². The zero-order valence-electron chi connectivity index (χ0n) is 17.2. The number of halogens is 3. The zero-order chi connectivity index (χ0) is 23.3. The van der Waals surface area contributed by atoms with Gasteiger partial charge in [-0.2, -0.15) is 13.2 Å². The highest BCUT2D eigenvalue weighted by molar-refractivity contribution is 7.09. The molecule has 13 heteroatoms. The highest BCUT2D eigenvalue weighted by Gasteiger charge is 2.40. The first-order chi connectivity index (χ1) is 15.1. The second-order valence-electron chi connectivity index (χ2n) is 7.28. The van der Waals surface area contributed by atoms with Crippen LogP contribution in [0.5, 0.6) is 0 Å². The number of ether oxygens (including phenoxy) is 1. The van der Waals surface area contributed by atoms with E-state index in [1.807, 2.05) is 11.8 Å². The summed E-state index contributed by atoms with van der Waals surface area (Å²) < 4.78 is 37.7. The van der Waals surface area contributed by atoms with E-state index in [1.165, 1.54) is 6.20 Å². The predicted octanol–water partition coefficient (Wildman–Crippen LogP) is 1.99. The Morgan fingerprint density at radius 1 is 1.31 bits per heavy atom. The number of hydrogen-bond acceptors (Lipinski definition) is 8. The third kappa shape index (κ3) is 6.20. The molecular formula is C19H22F3N5O4S. The number of fused-ring (bicyclic) bond motifs is 1. The van der Waals surface area contributed by atoms with E-state index in [2.05, 4.69) is 25.2 Å². The normalized spacial score (nSPS) is 21.3. The molecule has 2 aliphatic heterocycles. The molecule has 2 atom stereocenters. The van der Waals surface area contributed by atoms with Crippen LogP contribution in [0.3, 0.4) is 0 Å². The van der Waals surface area contributed by atoms with Crippen LogP contribution in [0.15, 0.2) is 24.0 Å². The summed E-state index contributed by atoms with van der Waals surface area (Å²) in [5.74, 6) is -2.81. The van der Waals surface area contributed by atoms with Crippen molar-refractivity contribution < 1.29 is 32.6 Å². The first-order valence-corrected chi connectivity index (χ1v) is 10.6. The molecular weight excluding hydrogens is 451 g/mol. The molecule has 0 aliphatic carbocycles. The third-order valence-corrected chi connectivity index (χ3v) is 5.93. The minimum atomic E-state index is -5.08. The SMILES string of the molecule is Cc1csc(CN2CC[C@@H]3OCCN(C(=O)c4cnccn4)[C@H]3C2)n1.O=C(O)C(F)(F)F. The number of carboxylic acid groups (broad SMARTS) is 1. The second-order valence-corrected chi connectivity index (χ2v) is 8.22. The largest absolute Gasteiger partial charge is 0.490 e. The smallest absolute Gasteiger partial charge is 0.475 e. The van der Waals surface area contributed by atoms with Crippen LogP contribution in [0.2, 0.25) is 0 Å². The van der Waals surface area contributed by atoms with Crippen LogP contribution in [-0.2, 0) is 16.1 Å². The number of aromatic nitrogens is 3. The van der Waals surface area contributed by atoms with Crippen molar-refractivity contribution in [3.8, 4) is 0 Å². The van der Waals surface area contributed by atoms with Crippen LogP contribution in [0, 0.1) is 6.92 Å². The molecule has 1 N–H and O–H groups in total. The van der Waals surface area contributed by atoms with Crippen LogP contribution in [0.1, 0.15) is 27.6 Å². The van der Waals surface area contributed by atoms with Gasteiger partial charge in [0.1, 0.15) is 10.7 Å². The Hall–Kier alpha value is -2.64. The molecule has 174 valence electrons. The van der Waals surface area contributed by atoms with E-state index in [0.717, 1.165) is 36.8 Å². The number of rotatable bonds is 3. The van der Waals surface area contributed by atoms with Crippen LogP contribution >= 0.6 is 11.3 Å². The van der Waals surface area contributed by atoms with E-state index < -0.39 is 12.1 Å². The van der Waals surface area contributed by atoms with E-state index in [1.54, 1.807) is 23.7 Å². The standard InChI is InChI=1S/C17H21N5O2S.C2HF3O2/c1-12-11-25-16(20-12)10-21-5-2-15-14(9-21)22(6-7-24-15)17(23)13-8-18-3-4-19-13;3-2(4,5)1(6)7/h3-4,8,11,14-15H,2,5-7,9-10H2,1H3;(H,6,7)/t14-,15-;/m0./s1. The van der Waals surface area contributed by atoms with Crippen LogP contribution < -0.4 is 0 Å². The number of carboxylic acids is 1. The van der Waals surface area contributed by atoms with Crippen molar-refractivity contribution in [2.75, 3.05) is 26.2 Å². The van der Waals surface area contributed by atoms with Gasteiger partial charge in [0.15, 0.2) is 0 Å². The van der Waals surface area contributed by atoms with Crippen LogP contribution in [0.25, 0.3) is 0 Å². The van der Waals surface area contributed by atoms with Gasteiger partial charge in [0.25, 0.3) is 5.91 Å². The van der Waals surface area contributed by atoms with E-state index in [9.17, 15) is 18.0 Å². The number of likely N-dealkylation sites (tertiary alicyclic amines) is 1. The van der Waals surface area contributed by atoms with Crippen molar-refractivity contribution >= 4 is 23.2 Å². The number of nitrogens with zero attached hydrogens (tertiary/aromatic N) is 5. The Balaban J connectivity index is 0.000000360. The number of carbonyl (C=O) groups is 2. The summed E-state index contributed by atoms with van der Waals surface area (Å²) in [5, 5.41) is 10.3. The first-order valence-electron chi connectivity index (χ1n) is 9.77. The summed E-state index contributed by atoms with van der Waals surface area (Å²) in [6.07, 6.45) is 0.620. The third-order valence-electron chi connectivity index (χ3n) is 4.98. The molecule has 0 radical (unpaired) electrons. The van der Waals surface area contributed by atoms with E-state index in [4.69, 9.17) is 14.6 Å². The average Bonchev–Trinajstić information content (AvgIpc) is 3.17.